The van der Waals surface area contributed by atoms with E-state index in [2.05, 4.69) is 55.8 Å². The van der Waals surface area contributed by atoms with Crippen LogP contribution in [0.5, 0.6) is 5.75 Å². The number of fused-ring (bicyclic) bond motifs is 1. The molecule has 4 rings (SSSR count). The predicted molar refractivity (Wildman–Crippen MR) is 160 cm³/mol. The molecule has 0 radical (unpaired) electrons. The Morgan fingerprint density at radius 1 is 0.950 bits per heavy atom. The lowest BCUT2D eigenvalue weighted by atomic mass is 9.98. The van der Waals surface area contributed by atoms with Crippen LogP contribution in [-0.2, 0) is 16.1 Å². The number of amides is 1. The highest BCUT2D eigenvalue weighted by Gasteiger charge is 2.19. The number of aryl methyl sites for hydroxylation is 1. The van der Waals surface area contributed by atoms with Gasteiger partial charge in [0.05, 0.1) is 13.2 Å². The molecule has 0 saturated carbocycles. The first kappa shape index (κ1) is 29.2. The third kappa shape index (κ3) is 6.18. The molecule has 7 heteroatoms. The average Bonchev–Trinajstić information content (AvgIpc) is 3.18. The number of carbonyl (C=O) groups is 2. The second-order valence-corrected chi connectivity index (χ2v) is 11.0. The molecular weight excluding hydrogens is 524 g/mol. The smallest absolute Gasteiger partial charge is 0.346 e. The maximum atomic E-state index is 13.2. The second kappa shape index (κ2) is 12.2. The minimum atomic E-state index is -0.734. The van der Waals surface area contributed by atoms with E-state index in [1.807, 2.05) is 37.3 Å². The number of nitrogens with zero attached hydrogens (tertiary/aromatic N) is 1. The topological polar surface area (TPSA) is 69.6 Å². The monoisotopic (exact) mass is 560 g/mol. The van der Waals surface area contributed by atoms with Crippen molar-refractivity contribution in [2.75, 3.05) is 7.11 Å². The summed E-state index contributed by atoms with van der Waals surface area (Å²) >= 11 is 6.56. The molecular formula is C33H37ClN2O4. The standard InChI is InChI=1S/C33H37ClN2O4/c1-19(2)24-9-8-10-25(15-24)21(4)35-32(37)26-11-14-31-29(17-26)20(3)22(5)36(31)18-27-16-28(12-13-30(27)34)40-23(6)33(38)39-7/h8-17,19,21,23H,18H2,1-7H3,(H,35,37). The maximum Gasteiger partial charge on any atom is 0.346 e. The van der Waals surface area contributed by atoms with Crippen molar-refractivity contribution in [1.29, 1.82) is 0 Å². The fourth-order valence-corrected chi connectivity index (χ4v) is 5.06. The first-order chi connectivity index (χ1) is 19.0. The molecule has 210 valence electrons. The van der Waals surface area contributed by atoms with Crippen LogP contribution in [0, 0.1) is 13.8 Å². The van der Waals surface area contributed by atoms with Crippen LogP contribution >= 0.6 is 11.6 Å². The van der Waals surface area contributed by atoms with Gasteiger partial charge in [0, 0.05) is 33.7 Å². The molecule has 1 N–H and O–H groups in total. The van der Waals surface area contributed by atoms with E-state index < -0.39 is 12.1 Å². The van der Waals surface area contributed by atoms with E-state index in [-0.39, 0.29) is 11.9 Å². The van der Waals surface area contributed by atoms with Crippen molar-refractivity contribution in [3.05, 3.63) is 99.2 Å². The fourth-order valence-electron chi connectivity index (χ4n) is 4.88. The van der Waals surface area contributed by atoms with Gasteiger partial charge in [0.25, 0.3) is 5.91 Å². The lowest BCUT2D eigenvalue weighted by Crippen LogP contribution is -2.26. The van der Waals surface area contributed by atoms with Crippen LogP contribution in [0.15, 0.2) is 60.7 Å². The van der Waals surface area contributed by atoms with Gasteiger partial charge in [-0.2, -0.15) is 0 Å². The van der Waals surface area contributed by atoms with Crippen molar-refractivity contribution in [3.63, 3.8) is 0 Å². The lowest BCUT2D eigenvalue weighted by molar-refractivity contribution is -0.147. The molecule has 0 aliphatic heterocycles. The minimum Gasteiger partial charge on any atom is -0.479 e. The molecule has 0 bridgehead atoms. The Labute approximate surface area is 241 Å². The fraction of sp³-hybridized carbons (Fsp3) is 0.333. The lowest BCUT2D eigenvalue weighted by Gasteiger charge is -2.17. The van der Waals surface area contributed by atoms with Crippen LogP contribution in [0.1, 0.15) is 78.0 Å². The van der Waals surface area contributed by atoms with Crippen molar-refractivity contribution < 1.29 is 19.1 Å². The van der Waals surface area contributed by atoms with E-state index in [0.717, 1.165) is 33.3 Å². The zero-order chi connectivity index (χ0) is 29.1. The number of nitrogens with one attached hydrogen (secondary N) is 1. The second-order valence-electron chi connectivity index (χ2n) is 10.6. The van der Waals surface area contributed by atoms with Gasteiger partial charge >= 0.3 is 5.97 Å². The van der Waals surface area contributed by atoms with Crippen molar-refractivity contribution in [1.82, 2.24) is 9.88 Å². The largest absolute Gasteiger partial charge is 0.479 e. The summed E-state index contributed by atoms with van der Waals surface area (Å²) in [6.45, 7) is 12.6. The van der Waals surface area contributed by atoms with E-state index in [0.29, 0.717) is 28.8 Å². The Morgan fingerprint density at radius 3 is 2.38 bits per heavy atom. The van der Waals surface area contributed by atoms with Crippen LogP contribution in [0.2, 0.25) is 5.02 Å². The third-order valence-electron chi connectivity index (χ3n) is 7.52. The molecule has 0 aliphatic carbocycles. The highest BCUT2D eigenvalue weighted by Crippen LogP contribution is 2.30. The molecule has 3 aromatic carbocycles. The van der Waals surface area contributed by atoms with Gasteiger partial charge in [0.2, 0.25) is 0 Å². The predicted octanol–water partition coefficient (Wildman–Crippen LogP) is 7.51. The molecule has 6 nitrogen and oxygen atoms in total. The first-order valence-electron chi connectivity index (χ1n) is 13.5. The van der Waals surface area contributed by atoms with E-state index in [1.54, 1.807) is 19.1 Å². The number of esters is 1. The summed E-state index contributed by atoms with van der Waals surface area (Å²) in [7, 11) is 1.33. The molecule has 0 aliphatic rings. The molecule has 2 unspecified atom stereocenters. The number of halogens is 1. The van der Waals surface area contributed by atoms with E-state index in [4.69, 9.17) is 21.1 Å². The normalized spacial score (nSPS) is 12.8. The number of benzene rings is 3. The van der Waals surface area contributed by atoms with Crippen molar-refractivity contribution in [3.8, 4) is 5.75 Å². The van der Waals surface area contributed by atoms with Gasteiger partial charge in [-0.15, -0.1) is 0 Å². The van der Waals surface area contributed by atoms with Gasteiger partial charge in [0.15, 0.2) is 6.10 Å². The van der Waals surface area contributed by atoms with E-state index >= 15 is 0 Å². The first-order valence-corrected chi connectivity index (χ1v) is 13.9. The summed E-state index contributed by atoms with van der Waals surface area (Å²) in [4.78, 5) is 25.0. The maximum absolute atomic E-state index is 13.2. The molecule has 0 saturated heterocycles. The number of rotatable bonds is 9. The molecule has 1 heterocycles. The Hall–Kier alpha value is -3.77. The highest BCUT2D eigenvalue weighted by molar-refractivity contribution is 6.31. The quantitative estimate of drug-likeness (QED) is 0.215. The molecule has 0 spiro atoms. The van der Waals surface area contributed by atoms with Gasteiger partial charge in [-0.25, -0.2) is 4.79 Å². The number of hydrogen-bond acceptors (Lipinski definition) is 4. The van der Waals surface area contributed by atoms with Crippen LogP contribution in [0.3, 0.4) is 0 Å². The SMILES string of the molecule is COC(=O)C(C)Oc1ccc(Cl)c(Cn2c(C)c(C)c3cc(C(=O)NC(C)c4cccc(C(C)C)c4)ccc32)c1. The summed E-state index contributed by atoms with van der Waals surface area (Å²) < 4.78 is 12.7. The van der Waals surface area contributed by atoms with Gasteiger partial charge in [-0.3, -0.25) is 4.79 Å². The van der Waals surface area contributed by atoms with Crippen LogP contribution in [0.25, 0.3) is 10.9 Å². The molecule has 1 amide bonds. The molecule has 4 aromatic rings. The Morgan fingerprint density at radius 2 is 1.68 bits per heavy atom. The summed E-state index contributed by atoms with van der Waals surface area (Å²) in [6, 6.07) is 19.4. The summed E-state index contributed by atoms with van der Waals surface area (Å²) in [5.74, 6) is 0.406. The zero-order valence-electron chi connectivity index (χ0n) is 24.2. The van der Waals surface area contributed by atoms with Crippen LogP contribution in [-0.4, -0.2) is 29.7 Å². The van der Waals surface area contributed by atoms with Crippen LogP contribution < -0.4 is 10.1 Å². The number of methoxy groups -OCH3 is 1. The molecule has 0 fully saturated rings. The van der Waals surface area contributed by atoms with Gasteiger partial charge in [-0.1, -0.05) is 49.7 Å². The van der Waals surface area contributed by atoms with Crippen LogP contribution in [0.4, 0.5) is 0 Å². The summed E-state index contributed by atoms with van der Waals surface area (Å²) in [5, 5.41) is 4.77. The summed E-state index contributed by atoms with van der Waals surface area (Å²) in [5.41, 5.74) is 7.00. The molecule has 2 atom stereocenters. The van der Waals surface area contributed by atoms with Crippen molar-refractivity contribution >= 4 is 34.4 Å². The Balaban J connectivity index is 1.58. The average molecular weight is 561 g/mol. The molecule has 40 heavy (non-hydrogen) atoms. The number of hydrogen-bond donors (Lipinski definition) is 1. The zero-order valence-corrected chi connectivity index (χ0v) is 24.9. The van der Waals surface area contributed by atoms with Gasteiger partial charge in [0.1, 0.15) is 5.75 Å². The minimum absolute atomic E-state index is 0.109. The van der Waals surface area contributed by atoms with Crippen molar-refractivity contribution in [2.45, 2.75) is 66.2 Å². The molecule has 1 aromatic heterocycles. The summed E-state index contributed by atoms with van der Waals surface area (Å²) in [6.07, 6.45) is -0.734. The number of ether oxygens (including phenoxy) is 2. The van der Waals surface area contributed by atoms with Gasteiger partial charge in [-0.05, 0) is 92.3 Å². The van der Waals surface area contributed by atoms with Gasteiger partial charge < -0.3 is 19.4 Å². The van der Waals surface area contributed by atoms with Crippen molar-refractivity contribution in [2.24, 2.45) is 0 Å². The Kier molecular flexibility index (Phi) is 8.89. The third-order valence-corrected chi connectivity index (χ3v) is 7.89. The Bertz CT molecular complexity index is 1560. The van der Waals surface area contributed by atoms with E-state index in [1.165, 1.54) is 12.7 Å². The highest BCUT2D eigenvalue weighted by atomic mass is 35.5. The number of carbonyl (C=O) groups excluding carboxylic acids is 2. The van der Waals surface area contributed by atoms with E-state index in [9.17, 15) is 9.59 Å². The number of aromatic nitrogens is 1.